The van der Waals surface area contributed by atoms with E-state index in [0.717, 1.165) is 26.1 Å². The van der Waals surface area contributed by atoms with Crippen LogP contribution in [0.2, 0.25) is 0 Å². The third-order valence-electron chi connectivity index (χ3n) is 5.19. The van der Waals surface area contributed by atoms with Crippen molar-refractivity contribution in [2.24, 2.45) is 10.7 Å². The summed E-state index contributed by atoms with van der Waals surface area (Å²) in [6.07, 6.45) is 0. The SMILES string of the molecule is [B]c1csc2c(-c3ccc(F)c(C#N)c3)cc([C@]3(C)C[N+](=O)N(C)C(N)=N3)cc12. The van der Waals surface area contributed by atoms with Gasteiger partial charge in [-0.3, -0.25) is 0 Å². The van der Waals surface area contributed by atoms with Crippen LogP contribution in [0.25, 0.3) is 21.2 Å². The smallest absolute Gasteiger partial charge is 0.254 e. The molecule has 3 aromatic rings. The highest BCUT2D eigenvalue weighted by Crippen LogP contribution is 2.38. The number of guanidine groups is 1. The number of hydrogen-bond donors (Lipinski definition) is 1. The first-order valence-corrected chi connectivity index (χ1v) is 9.66. The van der Waals surface area contributed by atoms with Crippen LogP contribution in [0, 0.1) is 22.1 Å². The number of rotatable bonds is 2. The molecule has 29 heavy (non-hydrogen) atoms. The molecule has 0 saturated carbocycles. The van der Waals surface area contributed by atoms with Crippen molar-refractivity contribution in [3.63, 3.8) is 0 Å². The van der Waals surface area contributed by atoms with Crippen molar-refractivity contribution >= 4 is 40.7 Å². The molecule has 0 saturated heterocycles. The Hall–Kier alpha value is -3.25. The number of thiophene rings is 1. The molecular weight excluding hydrogens is 388 g/mol. The van der Waals surface area contributed by atoms with Gasteiger partial charge in [-0.2, -0.15) is 5.26 Å². The Bertz CT molecular complexity index is 1250. The van der Waals surface area contributed by atoms with Gasteiger partial charge < -0.3 is 5.73 Å². The summed E-state index contributed by atoms with van der Waals surface area (Å²) in [5.41, 5.74) is 7.84. The summed E-state index contributed by atoms with van der Waals surface area (Å²) in [5.74, 6) is -0.460. The Balaban J connectivity index is 1.98. The van der Waals surface area contributed by atoms with Crippen LogP contribution in [0.4, 0.5) is 4.39 Å². The molecule has 0 fully saturated rings. The predicted molar refractivity (Wildman–Crippen MR) is 113 cm³/mol. The fourth-order valence-corrected chi connectivity index (χ4v) is 4.44. The molecule has 1 aromatic heterocycles. The molecule has 0 spiro atoms. The van der Waals surface area contributed by atoms with Gasteiger partial charge in [-0.05, 0) is 58.6 Å². The van der Waals surface area contributed by atoms with Crippen molar-refractivity contribution in [2.75, 3.05) is 13.6 Å². The van der Waals surface area contributed by atoms with E-state index in [-0.39, 0.29) is 18.1 Å². The van der Waals surface area contributed by atoms with Crippen molar-refractivity contribution in [3.8, 4) is 17.2 Å². The lowest BCUT2D eigenvalue weighted by molar-refractivity contribution is -0.689. The molecule has 0 amide bonds. The van der Waals surface area contributed by atoms with E-state index in [1.54, 1.807) is 13.1 Å². The molecule has 1 atom stereocenters. The van der Waals surface area contributed by atoms with Crippen molar-refractivity contribution in [3.05, 3.63) is 57.6 Å². The molecule has 9 heteroatoms. The number of hydrazine groups is 1. The Morgan fingerprint density at radius 1 is 1.41 bits per heavy atom. The van der Waals surface area contributed by atoms with Gasteiger partial charge in [-0.1, -0.05) is 16.5 Å². The van der Waals surface area contributed by atoms with Gasteiger partial charge in [0.1, 0.15) is 24.6 Å². The van der Waals surface area contributed by atoms with Crippen molar-refractivity contribution in [2.45, 2.75) is 12.5 Å². The van der Waals surface area contributed by atoms with Crippen molar-refractivity contribution in [1.82, 2.24) is 5.01 Å². The first-order chi connectivity index (χ1) is 13.7. The van der Waals surface area contributed by atoms with E-state index in [0.29, 0.717) is 11.0 Å². The van der Waals surface area contributed by atoms with Crippen LogP contribution < -0.4 is 11.2 Å². The summed E-state index contributed by atoms with van der Waals surface area (Å²) in [5, 5.41) is 13.1. The standard InChI is InChI=1S/C20H16BFN5OS/c1-20(10-27(28)26(2)19(24)25-20)13-6-14(18-15(7-13)16(21)9-29-18)11-3-4-17(22)12(5-11)8-23/h3-7,9H,10H2,1-2H3,(H2,24,25)/q+1/t20-/m0/s1. The number of hydrogen-bond acceptors (Lipinski definition) is 5. The molecule has 0 aliphatic carbocycles. The van der Waals surface area contributed by atoms with Gasteiger partial charge in [0, 0.05) is 4.70 Å². The zero-order valence-corrected chi connectivity index (χ0v) is 16.6. The molecule has 1 aliphatic heterocycles. The number of nitriles is 1. The van der Waals surface area contributed by atoms with Crippen LogP contribution in [0.15, 0.2) is 40.7 Å². The van der Waals surface area contributed by atoms with Crippen LogP contribution in [0.1, 0.15) is 18.1 Å². The lowest BCUT2D eigenvalue weighted by Crippen LogP contribution is -2.51. The van der Waals surface area contributed by atoms with Crippen LogP contribution in [-0.4, -0.2) is 37.3 Å². The van der Waals surface area contributed by atoms with E-state index >= 15 is 0 Å². The summed E-state index contributed by atoms with van der Waals surface area (Å²) in [4.78, 5) is 17.6. The zero-order chi connectivity index (χ0) is 20.9. The minimum absolute atomic E-state index is 0.0379. The van der Waals surface area contributed by atoms with E-state index in [2.05, 4.69) is 4.99 Å². The molecule has 2 heterocycles. The predicted octanol–water partition coefficient (Wildman–Crippen LogP) is 2.54. The normalized spacial score (nSPS) is 19.3. The minimum atomic E-state index is -0.895. The highest BCUT2D eigenvalue weighted by atomic mass is 32.1. The number of benzene rings is 2. The third kappa shape index (κ3) is 3.06. The lowest BCUT2D eigenvalue weighted by Gasteiger charge is -2.28. The van der Waals surface area contributed by atoms with Gasteiger partial charge in [0.15, 0.2) is 5.54 Å². The number of halogens is 1. The summed E-state index contributed by atoms with van der Waals surface area (Å²) in [6.45, 7) is 1.91. The first-order valence-electron chi connectivity index (χ1n) is 8.78. The fraction of sp³-hybridized carbons (Fsp3) is 0.200. The Labute approximate surface area is 172 Å². The highest BCUT2D eigenvalue weighted by molar-refractivity contribution is 7.19. The first kappa shape index (κ1) is 19.1. The molecular formula is C20H16BFN5OS+. The Morgan fingerprint density at radius 2 is 2.17 bits per heavy atom. The lowest BCUT2D eigenvalue weighted by atomic mass is 9.85. The molecule has 6 nitrogen and oxygen atoms in total. The maximum atomic E-state index is 13.8. The monoisotopic (exact) mass is 404 g/mol. The minimum Gasteiger partial charge on any atom is -0.365 e. The van der Waals surface area contributed by atoms with Gasteiger partial charge in [0.05, 0.1) is 17.5 Å². The largest absolute Gasteiger partial charge is 0.365 e. The average Bonchev–Trinajstić information content (AvgIpc) is 3.07. The quantitative estimate of drug-likeness (QED) is 0.526. The second-order valence-electron chi connectivity index (χ2n) is 7.18. The topological polar surface area (TPSA) is 85.5 Å². The fourth-order valence-electron chi connectivity index (χ4n) is 3.46. The van der Waals surface area contributed by atoms with E-state index in [9.17, 15) is 14.6 Å². The van der Waals surface area contributed by atoms with E-state index in [1.807, 2.05) is 30.5 Å². The molecule has 2 N–H and O–H groups in total. The summed E-state index contributed by atoms with van der Waals surface area (Å²) < 4.78 is 14.8. The van der Waals surface area contributed by atoms with Crippen molar-refractivity contribution < 1.29 is 9.26 Å². The third-order valence-corrected chi connectivity index (χ3v) is 6.24. The molecule has 0 bridgehead atoms. The average molecular weight is 404 g/mol. The second-order valence-corrected chi connectivity index (χ2v) is 8.06. The summed E-state index contributed by atoms with van der Waals surface area (Å²) >= 11 is 1.47. The van der Waals surface area contributed by atoms with Gasteiger partial charge in [-0.15, -0.1) is 11.3 Å². The molecule has 0 unspecified atom stereocenters. The number of nitrogens with zero attached hydrogens (tertiary/aromatic N) is 4. The molecule has 1 aliphatic rings. The molecule has 142 valence electrons. The van der Waals surface area contributed by atoms with E-state index in [1.165, 1.54) is 28.5 Å². The van der Waals surface area contributed by atoms with Crippen LogP contribution in [0.3, 0.4) is 0 Å². The second kappa shape index (κ2) is 6.67. The van der Waals surface area contributed by atoms with Crippen molar-refractivity contribution in [1.29, 1.82) is 5.26 Å². The summed E-state index contributed by atoms with van der Waals surface area (Å²) in [7, 11) is 7.73. The number of fused-ring (bicyclic) bond motifs is 1. The Morgan fingerprint density at radius 3 is 2.86 bits per heavy atom. The summed E-state index contributed by atoms with van der Waals surface area (Å²) in [6, 6.07) is 10.1. The van der Waals surface area contributed by atoms with Crippen LogP contribution in [0.5, 0.6) is 0 Å². The Kier molecular flexibility index (Phi) is 4.39. The van der Waals surface area contributed by atoms with Gasteiger partial charge in [-0.25, -0.2) is 9.38 Å². The number of nitroso groups, excluding NO2 is 1. The van der Waals surface area contributed by atoms with Crippen LogP contribution >= 0.6 is 11.3 Å². The van der Waals surface area contributed by atoms with Gasteiger partial charge >= 0.3 is 0 Å². The molecule has 2 radical (unpaired) electrons. The number of nitrogens with two attached hydrogens (primary N) is 1. The number of aliphatic imine (C=N–C) groups is 1. The zero-order valence-electron chi connectivity index (χ0n) is 15.8. The van der Waals surface area contributed by atoms with Crippen LogP contribution in [-0.2, 0) is 5.54 Å². The van der Waals surface area contributed by atoms with E-state index < -0.39 is 11.4 Å². The molecule has 2 aromatic carbocycles. The molecule has 4 rings (SSSR count). The maximum absolute atomic E-state index is 13.8. The highest BCUT2D eigenvalue weighted by Gasteiger charge is 2.42. The van der Waals surface area contributed by atoms with Gasteiger partial charge in [0.2, 0.25) is 0 Å². The maximum Gasteiger partial charge on any atom is 0.254 e. The van der Waals surface area contributed by atoms with E-state index in [4.69, 9.17) is 13.6 Å². The van der Waals surface area contributed by atoms with Gasteiger partial charge in [0.25, 0.3) is 12.5 Å².